The van der Waals surface area contributed by atoms with Gasteiger partial charge in [-0.25, -0.2) is 9.79 Å². The van der Waals surface area contributed by atoms with Crippen LogP contribution < -0.4 is 29.3 Å². The van der Waals surface area contributed by atoms with Gasteiger partial charge in [-0.1, -0.05) is 41.7 Å². The molecule has 42 heavy (non-hydrogen) atoms. The smallest absolute Gasteiger partial charge is 0.338 e. The van der Waals surface area contributed by atoms with Crippen LogP contribution >= 0.6 is 11.3 Å². The maximum absolute atomic E-state index is 14.3. The maximum Gasteiger partial charge on any atom is 0.338 e. The van der Waals surface area contributed by atoms with Crippen molar-refractivity contribution in [2.24, 2.45) is 4.99 Å². The molecule has 0 saturated carbocycles. The third kappa shape index (κ3) is 4.85. The first-order valence-electron chi connectivity index (χ1n) is 13.4. The van der Waals surface area contributed by atoms with Crippen molar-refractivity contribution in [3.05, 3.63) is 97.2 Å². The van der Waals surface area contributed by atoms with E-state index in [0.29, 0.717) is 27.3 Å². The molecule has 0 unspecified atom stereocenters. The van der Waals surface area contributed by atoms with Crippen LogP contribution in [0.15, 0.2) is 76.2 Å². The normalized spacial score (nSPS) is 16.9. The van der Waals surface area contributed by atoms with Gasteiger partial charge in [0.05, 0.1) is 41.8 Å². The highest BCUT2D eigenvalue weighted by Crippen LogP contribution is 2.37. The van der Waals surface area contributed by atoms with Gasteiger partial charge in [0.15, 0.2) is 16.3 Å². The fourth-order valence-corrected chi connectivity index (χ4v) is 6.31. The Morgan fingerprint density at radius 2 is 1.86 bits per heavy atom. The molecule has 2 aliphatic rings. The average Bonchev–Trinajstić information content (AvgIpc) is 3.41. The Bertz CT molecular complexity index is 1850. The molecule has 1 amide bonds. The van der Waals surface area contributed by atoms with Crippen LogP contribution in [-0.4, -0.2) is 42.2 Å². The fourth-order valence-electron chi connectivity index (χ4n) is 5.17. The van der Waals surface area contributed by atoms with Crippen molar-refractivity contribution in [3.8, 4) is 11.5 Å². The van der Waals surface area contributed by atoms with Gasteiger partial charge < -0.3 is 19.1 Å². The summed E-state index contributed by atoms with van der Waals surface area (Å²) >= 11 is 1.09. The molecule has 0 fully saturated rings. The minimum Gasteiger partial charge on any atom is -0.490 e. The quantitative estimate of drug-likeness (QED) is 0.226. The van der Waals surface area contributed by atoms with Gasteiger partial charge in [0, 0.05) is 19.0 Å². The number of thiazole rings is 1. The number of carbonyl (C=O) groups excluding carboxylic acids is 3. The van der Waals surface area contributed by atoms with E-state index in [1.807, 2.05) is 18.2 Å². The van der Waals surface area contributed by atoms with Crippen molar-refractivity contribution < 1.29 is 28.6 Å². The molecule has 0 spiro atoms. The molecule has 0 N–H and O–H groups in total. The van der Waals surface area contributed by atoms with Crippen LogP contribution in [0, 0.1) is 0 Å². The van der Waals surface area contributed by atoms with E-state index in [-0.39, 0.29) is 52.8 Å². The number of para-hydroxylation sites is 1. The monoisotopic (exact) mass is 587 g/mol. The first kappa shape index (κ1) is 28.7. The number of benzene rings is 2. The van der Waals surface area contributed by atoms with Crippen LogP contribution in [0.25, 0.3) is 5.57 Å². The molecule has 3 heterocycles. The molecule has 11 heteroatoms. The van der Waals surface area contributed by atoms with Gasteiger partial charge in [-0.2, -0.15) is 0 Å². The number of hydrogen-bond donors (Lipinski definition) is 0. The van der Waals surface area contributed by atoms with E-state index in [1.54, 1.807) is 56.0 Å². The topological polar surface area (TPSA) is 117 Å². The van der Waals surface area contributed by atoms with Gasteiger partial charge in [0.1, 0.15) is 4.53 Å². The van der Waals surface area contributed by atoms with Gasteiger partial charge in [0.2, 0.25) is 0 Å². The maximum atomic E-state index is 14.3. The van der Waals surface area contributed by atoms with Crippen LogP contribution in [0.2, 0.25) is 0 Å². The van der Waals surface area contributed by atoms with Gasteiger partial charge in [-0.3, -0.25) is 19.0 Å². The molecule has 216 valence electrons. The molecule has 2 aromatic carbocycles. The second-order valence-electron chi connectivity index (χ2n) is 9.45. The van der Waals surface area contributed by atoms with Crippen molar-refractivity contribution in [3.63, 3.8) is 0 Å². The fraction of sp³-hybridized carbons (Fsp3) is 0.258. The van der Waals surface area contributed by atoms with Crippen molar-refractivity contribution in [1.29, 1.82) is 0 Å². The molecule has 1 aromatic heterocycles. The summed E-state index contributed by atoms with van der Waals surface area (Å²) in [6, 6.07) is 11.2. The number of fused-ring (bicyclic) bond motifs is 2. The van der Waals surface area contributed by atoms with Crippen molar-refractivity contribution in [2.45, 2.75) is 33.7 Å². The number of nitrogens with zero attached hydrogens (tertiary/aromatic N) is 3. The molecular weight excluding hydrogens is 558 g/mol. The highest BCUT2D eigenvalue weighted by molar-refractivity contribution is 7.07. The summed E-state index contributed by atoms with van der Waals surface area (Å²) < 4.78 is 18.1. The first-order chi connectivity index (χ1) is 20.2. The van der Waals surface area contributed by atoms with E-state index < -0.39 is 23.5 Å². The van der Waals surface area contributed by atoms with Crippen LogP contribution in [0.5, 0.6) is 11.5 Å². The third-order valence-corrected chi connectivity index (χ3v) is 7.84. The second-order valence-corrected chi connectivity index (χ2v) is 10.4. The number of carbonyl (C=O) groups is 3. The van der Waals surface area contributed by atoms with E-state index in [1.165, 1.54) is 11.5 Å². The summed E-state index contributed by atoms with van der Waals surface area (Å²) in [6.07, 6.45) is 1.63. The van der Waals surface area contributed by atoms with E-state index >= 15 is 0 Å². The molecule has 1 atom stereocenters. The average molecular weight is 588 g/mol. The summed E-state index contributed by atoms with van der Waals surface area (Å²) in [5.74, 6) is -0.982. The van der Waals surface area contributed by atoms with Crippen molar-refractivity contribution >= 4 is 40.4 Å². The van der Waals surface area contributed by atoms with E-state index in [4.69, 9.17) is 14.2 Å². The SMILES string of the molecule is C=CCN1C(=O)/C(=c2\sc3n(c2=O)[C@H](c2ccc(OC(C)=O)c(OCC)c2)C(C(=O)OCC)=C(C)N=3)c2ccccc21. The van der Waals surface area contributed by atoms with Gasteiger partial charge in [-0.15, -0.1) is 6.58 Å². The second kappa shape index (κ2) is 11.6. The lowest BCUT2D eigenvalue weighted by Crippen LogP contribution is -2.41. The Kier molecular flexibility index (Phi) is 7.95. The minimum atomic E-state index is -0.948. The number of esters is 2. The molecular formula is C31H29N3O7S. The number of rotatable bonds is 8. The number of aromatic nitrogens is 1. The number of allylic oxidation sites excluding steroid dienone is 1. The summed E-state index contributed by atoms with van der Waals surface area (Å²) in [7, 11) is 0. The van der Waals surface area contributed by atoms with Gasteiger partial charge >= 0.3 is 11.9 Å². The molecule has 0 radical (unpaired) electrons. The standard InChI is InChI=1S/C31H29N3O7S/c1-6-15-33-21-12-10-9-11-20(21)25(28(33)36)27-29(37)34-26(24(30(38)40-8-3)17(4)32-31(34)42-27)19-13-14-22(41-18(5)35)23(16-19)39-7-2/h6,9-14,16,26H,1,7-8,15H2,2-5H3/b27-25-/t26-/m1/s1. The van der Waals surface area contributed by atoms with E-state index in [2.05, 4.69) is 11.6 Å². The summed E-state index contributed by atoms with van der Waals surface area (Å²) in [5, 5.41) is 0. The molecule has 10 nitrogen and oxygen atoms in total. The Labute approximate surface area is 245 Å². The molecule has 0 aliphatic carbocycles. The zero-order chi connectivity index (χ0) is 30.1. The Morgan fingerprint density at radius 3 is 2.55 bits per heavy atom. The predicted molar refractivity (Wildman–Crippen MR) is 157 cm³/mol. The number of amides is 1. The lowest BCUT2D eigenvalue weighted by molar-refractivity contribution is -0.139. The van der Waals surface area contributed by atoms with E-state index in [0.717, 1.165) is 11.3 Å². The zero-order valence-corrected chi connectivity index (χ0v) is 24.4. The van der Waals surface area contributed by atoms with Crippen LogP contribution in [0.4, 0.5) is 5.69 Å². The van der Waals surface area contributed by atoms with Gasteiger partial charge in [0.25, 0.3) is 11.5 Å². The highest BCUT2D eigenvalue weighted by Gasteiger charge is 2.37. The Balaban J connectivity index is 1.80. The molecule has 2 aliphatic heterocycles. The summed E-state index contributed by atoms with van der Waals surface area (Å²) in [5.41, 5.74) is 2.19. The van der Waals surface area contributed by atoms with Crippen LogP contribution in [0.1, 0.15) is 44.9 Å². The summed E-state index contributed by atoms with van der Waals surface area (Å²) in [4.78, 5) is 59.5. The highest BCUT2D eigenvalue weighted by atomic mass is 32.1. The van der Waals surface area contributed by atoms with E-state index in [9.17, 15) is 19.2 Å². The van der Waals surface area contributed by atoms with Crippen LogP contribution in [-0.2, 0) is 19.1 Å². The molecule has 0 saturated heterocycles. The Hall–Kier alpha value is -4.77. The van der Waals surface area contributed by atoms with Crippen molar-refractivity contribution in [2.75, 3.05) is 24.7 Å². The predicted octanol–water partition coefficient (Wildman–Crippen LogP) is 3.03. The Morgan fingerprint density at radius 1 is 1.10 bits per heavy atom. The minimum absolute atomic E-state index is 0.122. The van der Waals surface area contributed by atoms with Gasteiger partial charge in [-0.05, 0) is 44.5 Å². The number of anilines is 1. The van der Waals surface area contributed by atoms with Crippen LogP contribution in [0.3, 0.4) is 0 Å². The molecule has 5 rings (SSSR count). The molecule has 0 bridgehead atoms. The number of hydrogen-bond acceptors (Lipinski definition) is 9. The molecule has 3 aromatic rings. The zero-order valence-electron chi connectivity index (χ0n) is 23.6. The largest absolute Gasteiger partial charge is 0.490 e. The summed E-state index contributed by atoms with van der Waals surface area (Å²) in [6.45, 7) is 10.9. The third-order valence-electron chi connectivity index (χ3n) is 6.79. The number of ether oxygens (including phenoxy) is 3. The lowest BCUT2D eigenvalue weighted by Gasteiger charge is -2.25. The van der Waals surface area contributed by atoms with Crippen molar-refractivity contribution in [1.82, 2.24) is 4.57 Å². The lowest BCUT2D eigenvalue weighted by atomic mass is 9.95. The first-order valence-corrected chi connectivity index (χ1v) is 14.2.